The quantitative estimate of drug-likeness (QED) is 0.462. The number of aryl methyl sites for hydroxylation is 1. The van der Waals surface area contributed by atoms with Crippen LogP contribution in [0.1, 0.15) is 21.6 Å². The molecule has 0 aliphatic carbocycles. The third kappa shape index (κ3) is 4.91. The summed E-state index contributed by atoms with van der Waals surface area (Å²) in [5.41, 5.74) is 4.76. The van der Waals surface area contributed by atoms with Gasteiger partial charge in [-0.2, -0.15) is 0 Å². The molecular formula is C26H26N6O2S. The molecule has 0 saturated carbocycles. The lowest BCUT2D eigenvalue weighted by molar-refractivity contribution is -0.117. The maximum atomic E-state index is 13.4. The molecule has 1 fully saturated rings. The highest BCUT2D eigenvalue weighted by molar-refractivity contribution is 7.21. The molecule has 0 bridgehead atoms. The van der Waals surface area contributed by atoms with Crippen molar-refractivity contribution in [2.75, 3.05) is 38.0 Å². The van der Waals surface area contributed by atoms with E-state index in [0.29, 0.717) is 42.6 Å². The summed E-state index contributed by atoms with van der Waals surface area (Å²) in [7, 11) is 0. The second-order valence-electron chi connectivity index (χ2n) is 8.60. The van der Waals surface area contributed by atoms with Crippen molar-refractivity contribution in [1.29, 1.82) is 0 Å². The predicted molar refractivity (Wildman–Crippen MR) is 138 cm³/mol. The van der Waals surface area contributed by atoms with Gasteiger partial charge in [0.1, 0.15) is 10.7 Å². The van der Waals surface area contributed by atoms with Crippen LogP contribution >= 0.6 is 11.3 Å². The average molecular weight is 487 g/mol. The van der Waals surface area contributed by atoms with Gasteiger partial charge in [-0.3, -0.25) is 14.5 Å². The summed E-state index contributed by atoms with van der Waals surface area (Å²) in [6, 6.07) is 13.7. The normalized spacial score (nSPS) is 14.3. The van der Waals surface area contributed by atoms with E-state index in [9.17, 15) is 9.59 Å². The van der Waals surface area contributed by atoms with E-state index in [1.165, 1.54) is 17.5 Å². The van der Waals surface area contributed by atoms with Crippen LogP contribution in [0.2, 0.25) is 0 Å². The van der Waals surface area contributed by atoms with Crippen molar-refractivity contribution in [3.05, 3.63) is 71.7 Å². The standard InChI is InChI=1S/C26H26N6O2S/c1-17-6-5-8-19(18(17)2)29-22(33)16-31-12-14-32(15-13-31)26(34)24-23(27-10-11-28-24)25-30-20-7-3-4-9-21(20)35-25/h3-11H,12-16H2,1-2H3,(H,29,33). The first-order chi connectivity index (χ1) is 17.0. The molecular weight excluding hydrogens is 460 g/mol. The zero-order valence-corrected chi connectivity index (χ0v) is 20.5. The Kier molecular flexibility index (Phi) is 6.52. The number of para-hydroxylation sites is 1. The van der Waals surface area contributed by atoms with Crippen molar-refractivity contribution in [2.45, 2.75) is 13.8 Å². The Labute approximate surface area is 207 Å². The highest BCUT2D eigenvalue weighted by Crippen LogP contribution is 2.30. The van der Waals surface area contributed by atoms with Crippen LogP contribution < -0.4 is 5.32 Å². The van der Waals surface area contributed by atoms with Crippen LogP contribution in [-0.4, -0.2) is 69.3 Å². The van der Waals surface area contributed by atoms with Crippen molar-refractivity contribution < 1.29 is 9.59 Å². The Morgan fingerprint density at radius 2 is 1.74 bits per heavy atom. The second kappa shape index (κ2) is 9.89. The molecule has 3 heterocycles. The Morgan fingerprint density at radius 3 is 2.54 bits per heavy atom. The number of carbonyl (C=O) groups is 2. The van der Waals surface area contributed by atoms with Gasteiger partial charge in [0.15, 0.2) is 5.69 Å². The number of piperazine rings is 1. The fourth-order valence-electron chi connectivity index (χ4n) is 4.16. The number of thiazole rings is 1. The molecule has 1 aliphatic rings. The molecule has 9 heteroatoms. The third-order valence-corrected chi connectivity index (χ3v) is 7.35. The van der Waals surface area contributed by atoms with Gasteiger partial charge >= 0.3 is 0 Å². The zero-order chi connectivity index (χ0) is 24.4. The van der Waals surface area contributed by atoms with Crippen molar-refractivity contribution in [2.24, 2.45) is 0 Å². The van der Waals surface area contributed by atoms with Gasteiger partial charge in [-0.25, -0.2) is 15.0 Å². The molecule has 35 heavy (non-hydrogen) atoms. The molecule has 0 radical (unpaired) electrons. The van der Waals surface area contributed by atoms with E-state index in [0.717, 1.165) is 27.0 Å². The number of amides is 2. The summed E-state index contributed by atoms with van der Waals surface area (Å²) < 4.78 is 1.04. The lowest BCUT2D eigenvalue weighted by Crippen LogP contribution is -2.50. The Balaban J connectivity index is 1.23. The van der Waals surface area contributed by atoms with Gasteiger partial charge in [0.25, 0.3) is 5.91 Å². The predicted octanol–water partition coefficient (Wildman–Crippen LogP) is 3.77. The molecule has 178 valence electrons. The smallest absolute Gasteiger partial charge is 0.274 e. The molecule has 2 amide bonds. The van der Waals surface area contributed by atoms with Gasteiger partial charge in [-0.1, -0.05) is 24.3 Å². The molecule has 1 aliphatic heterocycles. The van der Waals surface area contributed by atoms with E-state index >= 15 is 0 Å². The van der Waals surface area contributed by atoms with E-state index in [4.69, 9.17) is 0 Å². The number of aromatic nitrogens is 3. The lowest BCUT2D eigenvalue weighted by atomic mass is 10.1. The topological polar surface area (TPSA) is 91.3 Å². The van der Waals surface area contributed by atoms with Gasteiger partial charge < -0.3 is 10.2 Å². The first kappa shape index (κ1) is 23.1. The molecule has 2 aromatic carbocycles. The molecule has 1 N–H and O–H groups in total. The van der Waals surface area contributed by atoms with Gasteiger partial charge in [0.2, 0.25) is 5.91 Å². The van der Waals surface area contributed by atoms with Crippen LogP contribution in [0, 0.1) is 13.8 Å². The first-order valence-electron chi connectivity index (χ1n) is 11.5. The van der Waals surface area contributed by atoms with Crippen LogP contribution in [0.4, 0.5) is 5.69 Å². The molecule has 0 unspecified atom stereocenters. The number of hydrogen-bond donors (Lipinski definition) is 1. The Hall–Kier alpha value is -3.69. The molecule has 4 aromatic rings. The minimum Gasteiger partial charge on any atom is -0.335 e. The highest BCUT2D eigenvalue weighted by atomic mass is 32.1. The van der Waals surface area contributed by atoms with Crippen LogP contribution in [0.5, 0.6) is 0 Å². The molecule has 0 atom stereocenters. The highest BCUT2D eigenvalue weighted by Gasteiger charge is 2.27. The number of fused-ring (bicyclic) bond motifs is 1. The third-order valence-electron chi connectivity index (χ3n) is 6.30. The minimum absolute atomic E-state index is 0.0504. The number of rotatable bonds is 5. The second-order valence-corrected chi connectivity index (χ2v) is 9.63. The van der Waals surface area contributed by atoms with E-state index in [-0.39, 0.29) is 18.4 Å². The fourth-order valence-corrected chi connectivity index (χ4v) is 5.13. The molecule has 8 nitrogen and oxygen atoms in total. The number of carbonyl (C=O) groups excluding carboxylic acids is 2. The van der Waals surface area contributed by atoms with Crippen LogP contribution in [0.15, 0.2) is 54.9 Å². The van der Waals surface area contributed by atoms with Gasteiger partial charge in [0.05, 0.1) is 16.8 Å². The Bertz CT molecular complexity index is 1360. The van der Waals surface area contributed by atoms with E-state index in [1.54, 1.807) is 11.1 Å². The van der Waals surface area contributed by atoms with Gasteiger partial charge in [-0.05, 0) is 43.2 Å². The molecule has 1 saturated heterocycles. The number of anilines is 1. The lowest BCUT2D eigenvalue weighted by Gasteiger charge is -2.34. The summed E-state index contributed by atoms with van der Waals surface area (Å²) in [4.78, 5) is 43.3. The minimum atomic E-state index is -0.160. The Morgan fingerprint density at radius 1 is 0.971 bits per heavy atom. The molecule has 5 rings (SSSR count). The van der Waals surface area contributed by atoms with E-state index < -0.39 is 0 Å². The summed E-state index contributed by atoms with van der Waals surface area (Å²) in [5, 5.41) is 3.69. The number of benzene rings is 2. The first-order valence-corrected chi connectivity index (χ1v) is 12.4. The van der Waals surface area contributed by atoms with Gasteiger partial charge in [-0.15, -0.1) is 11.3 Å². The van der Waals surface area contributed by atoms with Crippen LogP contribution in [0.3, 0.4) is 0 Å². The molecule has 2 aromatic heterocycles. The average Bonchev–Trinajstić information content (AvgIpc) is 3.31. The van der Waals surface area contributed by atoms with Gasteiger partial charge in [0, 0.05) is 44.3 Å². The van der Waals surface area contributed by atoms with Crippen molar-refractivity contribution in [3.63, 3.8) is 0 Å². The number of hydrogen-bond acceptors (Lipinski definition) is 7. The number of nitrogens with one attached hydrogen (secondary N) is 1. The summed E-state index contributed by atoms with van der Waals surface area (Å²) >= 11 is 1.50. The summed E-state index contributed by atoms with van der Waals surface area (Å²) in [6.45, 7) is 6.59. The van der Waals surface area contributed by atoms with Crippen molar-refractivity contribution in [3.8, 4) is 10.7 Å². The monoisotopic (exact) mass is 486 g/mol. The fraction of sp³-hybridized carbons (Fsp3) is 0.269. The largest absolute Gasteiger partial charge is 0.335 e. The van der Waals surface area contributed by atoms with Crippen LogP contribution in [-0.2, 0) is 4.79 Å². The zero-order valence-electron chi connectivity index (χ0n) is 19.7. The molecule has 0 spiro atoms. The van der Waals surface area contributed by atoms with E-state index in [2.05, 4.69) is 25.2 Å². The van der Waals surface area contributed by atoms with Crippen molar-refractivity contribution >= 4 is 39.1 Å². The maximum Gasteiger partial charge on any atom is 0.274 e. The maximum absolute atomic E-state index is 13.4. The van der Waals surface area contributed by atoms with Crippen molar-refractivity contribution in [1.82, 2.24) is 24.8 Å². The summed E-state index contributed by atoms with van der Waals surface area (Å²) in [6.07, 6.45) is 3.13. The number of nitrogens with zero attached hydrogens (tertiary/aromatic N) is 5. The van der Waals surface area contributed by atoms with E-state index in [1.807, 2.05) is 56.3 Å². The SMILES string of the molecule is Cc1cccc(NC(=O)CN2CCN(C(=O)c3nccnc3-c3nc4ccccc4s3)CC2)c1C. The summed E-state index contributed by atoms with van der Waals surface area (Å²) in [5.74, 6) is -0.211. The van der Waals surface area contributed by atoms with Crippen LogP contribution in [0.25, 0.3) is 20.9 Å².